The molecule has 0 saturated heterocycles. The summed E-state index contributed by atoms with van der Waals surface area (Å²) in [5.41, 5.74) is 2.23. The van der Waals surface area contributed by atoms with Crippen molar-refractivity contribution in [1.29, 1.82) is 0 Å². The molecule has 3 rings (SSSR count). The lowest BCUT2D eigenvalue weighted by atomic mass is 9.87. The Kier molecular flexibility index (Phi) is 6.02. The zero-order chi connectivity index (χ0) is 16.6. The molecule has 1 fully saturated rings. The summed E-state index contributed by atoms with van der Waals surface area (Å²) in [6.45, 7) is 1.01. The van der Waals surface area contributed by atoms with Crippen molar-refractivity contribution >= 4 is 5.97 Å². The Morgan fingerprint density at radius 2 is 1.33 bits per heavy atom. The van der Waals surface area contributed by atoms with Gasteiger partial charge in [-0.05, 0) is 36.8 Å². The minimum Gasteiger partial charge on any atom is -0.461 e. The van der Waals surface area contributed by atoms with Crippen molar-refractivity contribution < 1.29 is 14.3 Å². The van der Waals surface area contributed by atoms with Crippen LogP contribution >= 0.6 is 0 Å². The standard InChI is InChI=1S/C21H24O3/c22-21(24-16-18-9-5-2-6-10-18)19-11-13-20(14-12-19)23-15-17-7-3-1-4-8-17/h1-10,19-20H,11-16H2. The second-order valence-electron chi connectivity index (χ2n) is 6.36. The van der Waals surface area contributed by atoms with Gasteiger partial charge in [0.05, 0.1) is 18.6 Å². The molecule has 0 heterocycles. The molecule has 3 heteroatoms. The largest absolute Gasteiger partial charge is 0.461 e. The predicted molar refractivity (Wildman–Crippen MR) is 93.2 cm³/mol. The first-order chi connectivity index (χ1) is 11.8. The van der Waals surface area contributed by atoms with Crippen LogP contribution in [0.15, 0.2) is 60.7 Å². The number of rotatable bonds is 6. The SMILES string of the molecule is O=C(OCc1ccccc1)C1CCC(OCc2ccccc2)CC1. The minimum absolute atomic E-state index is 0.0188. The Balaban J connectivity index is 1.37. The van der Waals surface area contributed by atoms with Crippen molar-refractivity contribution in [2.75, 3.05) is 0 Å². The second-order valence-corrected chi connectivity index (χ2v) is 6.36. The van der Waals surface area contributed by atoms with E-state index in [-0.39, 0.29) is 18.0 Å². The maximum Gasteiger partial charge on any atom is 0.309 e. The van der Waals surface area contributed by atoms with Gasteiger partial charge in [0.2, 0.25) is 0 Å². The summed E-state index contributed by atoms with van der Waals surface area (Å²) in [6.07, 6.45) is 3.82. The molecule has 2 aromatic carbocycles. The van der Waals surface area contributed by atoms with Gasteiger partial charge in [0.15, 0.2) is 0 Å². The van der Waals surface area contributed by atoms with E-state index in [0.29, 0.717) is 13.2 Å². The number of carbonyl (C=O) groups is 1. The summed E-state index contributed by atoms with van der Waals surface area (Å²) >= 11 is 0. The molecule has 126 valence electrons. The summed E-state index contributed by atoms with van der Waals surface area (Å²) in [5.74, 6) is -0.0503. The van der Waals surface area contributed by atoms with Crippen LogP contribution in [0.3, 0.4) is 0 Å². The van der Waals surface area contributed by atoms with Crippen LogP contribution in [0.2, 0.25) is 0 Å². The molecule has 0 aromatic heterocycles. The highest BCUT2D eigenvalue weighted by atomic mass is 16.5. The zero-order valence-corrected chi connectivity index (χ0v) is 13.9. The molecule has 0 amide bonds. The van der Waals surface area contributed by atoms with Crippen molar-refractivity contribution in [3.63, 3.8) is 0 Å². The normalized spacial score (nSPS) is 20.5. The average Bonchev–Trinajstić information content (AvgIpc) is 2.66. The fourth-order valence-electron chi connectivity index (χ4n) is 3.10. The van der Waals surface area contributed by atoms with Crippen molar-refractivity contribution in [2.45, 2.75) is 45.0 Å². The quantitative estimate of drug-likeness (QED) is 0.734. The lowest BCUT2D eigenvalue weighted by Gasteiger charge is -2.27. The van der Waals surface area contributed by atoms with Gasteiger partial charge in [0, 0.05) is 0 Å². The van der Waals surface area contributed by atoms with E-state index in [4.69, 9.17) is 9.47 Å². The van der Waals surface area contributed by atoms with Crippen LogP contribution in [0.4, 0.5) is 0 Å². The van der Waals surface area contributed by atoms with Crippen molar-refractivity contribution in [3.05, 3.63) is 71.8 Å². The lowest BCUT2D eigenvalue weighted by molar-refractivity contribution is -0.152. The number of ether oxygens (including phenoxy) is 2. The third-order valence-electron chi connectivity index (χ3n) is 4.56. The summed E-state index contributed by atoms with van der Waals surface area (Å²) < 4.78 is 11.4. The molecule has 3 nitrogen and oxygen atoms in total. The third kappa shape index (κ3) is 4.93. The van der Waals surface area contributed by atoms with Gasteiger partial charge < -0.3 is 9.47 Å². The Morgan fingerprint density at radius 3 is 1.92 bits per heavy atom. The van der Waals surface area contributed by atoms with Crippen molar-refractivity contribution in [2.24, 2.45) is 5.92 Å². The van der Waals surface area contributed by atoms with E-state index < -0.39 is 0 Å². The maximum absolute atomic E-state index is 12.2. The fourth-order valence-corrected chi connectivity index (χ4v) is 3.10. The molecule has 0 bridgehead atoms. The second kappa shape index (κ2) is 8.65. The molecular weight excluding hydrogens is 300 g/mol. The molecule has 1 saturated carbocycles. The smallest absolute Gasteiger partial charge is 0.309 e. The van der Waals surface area contributed by atoms with Crippen molar-refractivity contribution in [3.8, 4) is 0 Å². The Labute approximate surface area is 143 Å². The third-order valence-corrected chi connectivity index (χ3v) is 4.56. The van der Waals surface area contributed by atoms with Crippen LogP contribution < -0.4 is 0 Å². The van der Waals surface area contributed by atoms with Gasteiger partial charge >= 0.3 is 5.97 Å². The van der Waals surface area contributed by atoms with Gasteiger partial charge in [-0.3, -0.25) is 4.79 Å². The summed E-state index contributed by atoms with van der Waals surface area (Å²) in [7, 11) is 0. The lowest BCUT2D eigenvalue weighted by Crippen LogP contribution is -2.27. The Hall–Kier alpha value is -2.13. The van der Waals surface area contributed by atoms with E-state index in [1.54, 1.807) is 0 Å². The number of carbonyl (C=O) groups excluding carboxylic acids is 1. The van der Waals surface area contributed by atoms with Crippen molar-refractivity contribution in [1.82, 2.24) is 0 Å². The summed E-state index contributed by atoms with van der Waals surface area (Å²) in [4.78, 5) is 12.2. The van der Waals surface area contributed by atoms with Crippen LogP contribution in [0.1, 0.15) is 36.8 Å². The van der Waals surface area contributed by atoms with E-state index in [9.17, 15) is 4.79 Å². The van der Waals surface area contributed by atoms with E-state index in [1.165, 1.54) is 5.56 Å². The van der Waals surface area contributed by atoms with E-state index in [0.717, 1.165) is 31.2 Å². The maximum atomic E-state index is 12.2. The molecule has 0 spiro atoms. The predicted octanol–water partition coefficient (Wildman–Crippen LogP) is 4.51. The summed E-state index contributed by atoms with van der Waals surface area (Å²) in [5, 5.41) is 0. The van der Waals surface area contributed by atoms with E-state index >= 15 is 0 Å². The van der Waals surface area contributed by atoms with E-state index in [1.807, 2.05) is 48.5 Å². The topological polar surface area (TPSA) is 35.5 Å². The number of esters is 1. The van der Waals surface area contributed by atoms with Gasteiger partial charge in [-0.2, -0.15) is 0 Å². The fraction of sp³-hybridized carbons (Fsp3) is 0.381. The number of hydrogen-bond acceptors (Lipinski definition) is 3. The highest BCUT2D eigenvalue weighted by molar-refractivity contribution is 5.72. The molecule has 0 radical (unpaired) electrons. The zero-order valence-electron chi connectivity index (χ0n) is 13.9. The number of hydrogen-bond donors (Lipinski definition) is 0. The van der Waals surface area contributed by atoms with Crippen LogP contribution in [-0.2, 0) is 27.5 Å². The van der Waals surface area contributed by atoms with Gasteiger partial charge in [-0.15, -0.1) is 0 Å². The average molecular weight is 324 g/mol. The van der Waals surface area contributed by atoms with Gasteiger partial charge in [0.25, 0.3) is 0 Å². The van der Waals surface area contributed by atoms with Gasteiger partial charge in [-0.25, -0.2) is 0 Å². The van der Waals surface area contributed by atoms with Crippen LogP contribution in [-0.4, -0.2) is 12.1 Å². The molecule has 0 N–H and O–H groups in total. The summed E-state index contributed by atoms with van der Waals surface area (Å²) in [6, 6.07) is 20.0. The monoisotopic (exact) mass is 324 g/mol. The molecule has 0 atom stereocenters. The van der Waals surface area contributed by atoms with Crippen LogP contribution in [0.5, 0.6) is 0 Å². The molecule has 2 aromatic rings. The van der Waals surface area contributed by atoms with E-state index in [2.05, 4.69) is 12.1 Å². The number of benzene rings is 2. The molecule has 24 heavy (non-hydrogen) atoms. The highest BCUT2D eigenvalue weighted by Gasteiger charge is 2.27. The molecular formula is C21H24O3. The Morgan fingerprint density at radius 1 is 0.792 bits per heavy atom. The minimum atomic E-state index is -0.0691. The first kappa shape index (κ1) is 16.7. The molecule has 0 aliphatic heterocycles. The molecule has 1 aliphatic carbocycles. The Bertz CT molecular complexity index is 616. The highest BCUT2D eigenvalue weighted by Crippen LogP contribution is 2.28. The first-order valence-corrected chi connectivity index (χ1v) is 8.67. The molecule has 0 unspecified atom stereocenters. The van der Waals surface area contributed by atoms with Gasteiger partial charge in [-0.1, -0.05) is 60.7 Å². The van der Waals surface area contributed by atoms with Gasteiger partial charge in [0.1, 0.15) is 6.61 Å². The first-order valence-electron chi connectivity index (χ1n) is 8.67. The van der Waals surface area contributed by atoms with Crippen LogP contribution in [0, 0.1) is 5.92 Å². The molecule has 1 aliphatic rings. The van der Waals surface area contributed by atoms with Crippen LogP contribution in [0.25, 0.3) is 0 Å².